The fraction of sp³-hybridized carbons (Fsp3) is 0.321. The molecule has 200 valence electrons. The number of rotatable bonds is 4. The second kappa shape index (κ2) is 10.4. The Morgan fingerprint density at radius 2 is 1.92 bits per heavy atom. The minimum absolute atomic E-state index is 0.0682. The third-order valence-electron chi connectivity index (χ3n) is 7.41. The van der Waals surface area contributed by atoms with E-state index in [9.17, 15) is 22.4 Å². The van der Waals surface area contributed by atoms with Crippen LogP contribution in [0, 0.1) is 5.82 Å². The molecule has 1 amide bonds. The van der Waals surface area contributed by atoms with E-state index in [4.69, 9.17) is 23.2 Å². The summed E-state index contributed by atoms with van der Waals surface area (Å²) in [5.41, 5.74) is 0.602. The Morgan fingerprint density at radius 1 is 1.16 bits per heavy atom. The molecule has 1 unspecified atom stereocenters. The number of likely N-dealkylation sites (tertiary alicyclic amines) is 1. The zero-order valence-electron chi connectivity index (χ0n) is 20.2. The quantitative estimate of drug-likeness (QED) is 0.261. The second-order valence-corrected chi connectivity index (χ2v) is 10.7. The average Bonchev–Trinajstić information content (AvgIpc) is 3.18. The number of dihydropyridines is 1. The van der Waals surface area contributed by atoms with Crippen LogP contribution in [0.2, 0.25) is 5.02 Å². The molecule has 5 rings (SSSR count). The number of anilines is 1. The molecule has 0 radical (unpaired) electrons. The van der Waals surface area contributed by atoms with Crippen molar-refractivity contribution in [2.75, 3.05) is 31.1 Å². The molecule has 1 atom stereocenters. The van der Waals surface area contributed by atoms with E-state index in [-0.39, 0.29) is 16.9 Å². The number of alkyl halides is 4. The Bertz CT molecular complexity index is 1330. The molecule has 0 bridgehead atoms. The van der Waals surface area contributed by atoms with Crippen LogP contribution < -0.4 is 10.2 Å². The molecule has 10 heteroatoms. The number of carbonyl (C=O) groups is 1. The standard InChI is InChI=1S/C28H25Cl2F4N3O/c29-20-4-6-24-23(15-20)27(17-37(24)26(38)19-7-10-35-25(30)14-19)8-12-36(13-9-27)11-1-2-18-3-5-21(31)16-22(18)28(32,33)34/h1-7,10,14-16,25,35H,8-9,11-13,17H2/b2-1+. The number of piperidine rings is 1. The number of benzene rings is 2. The van der Waals surface area contributed by atoms with E-state index < -0.39 is 23.1 Å². The summed E-state index contributed by atoms with van der Waals surface area (Å²) in [6.07, 6.45) is 5.01. The number of fused-ring (bicyclic) bond motifs is 2. The van der Waals surface area contributed by atoms with Gasteiger partial charge in [-0.15, -0.1) is 0 Å². The SMILES string of the molecule is O=C(C1=CC(Cl)NC=C1)N1CC2(CCN(C/C=C/c3ccc(F)cc3C(F)(F)F)CC2)c2cc(Cl)ccc21. The van der Waals surface area contributed by atoms with Gasteiger partial charge in [0.2, 0.25) is 0 Å². The smallest absolute Gasteiger partial charge is 0.372 e. The molecular weight excluding hydrogens is 541 g/mol. The van der Waals surface area contributed by atoms with E-state index in [1.807, 2.05) is 12.1 Å². The van der Waals surface area contributed by atoms with Crippen LogP contribution >= 0.6 is 23.2 Å². The fourth-order valence-electron chi connectivity index (χ4n) is 5.45. The van der Waals surface area contributed by atoms with Gasteiger partial charge in [-0.05, 0) is 85.7 Å². The minimum atomic E-state index is -4.63. The van der Waals surface area contributed by atoms with E-state index in [0.717, 1.165) is 36.2 Å². The van der Waals surface area contributed by atoms with Gasteiger partial charge >= 0.3 is 6.18 Å². The summed E-state index contributed by atoms with van der Waals surface area (Å²) in [4.78, 5) is 17.4. The Balaban J connectivity index is 1.30. The first kappa shape index (κ1) is 26.8. The molecule has 3 aliphatic rings. The lowest BCUT2D eigenvalue weighted by Gasteiger charge is -2.39. The molecule has 1 spiro atoms. The molecule has 0 aliphatic carbocycles. The summed E-state index contributed by atoms with van der Waals surface area (Å²) in [5, 5.41) is 3.52. The van der Waals surface area contributed by atoms with Gasteiger partial charge in [0.05, 0.1) is 5.56 Å². The summed E-state index contributed by atoms with van der Waals surface area (Å²) in [6.45, 7) is 2.37. The largest absolute Gasteiger partial charge is 0.417 e. The topological polar surface area (TPSA) is 35.6 Å². The van der Waals surface area contributed by atoms with Crippen LogP contribution in [0.25, 0.3) is 6.08 Å². The molecule has 2 aromatic rings. The third-order valence-corrected chi connectivity index (χ3v) is 7.90. The molecule has 0 aromatic heterocycles. The van der Waals surface area contributed by atoms with E-state index >= 15 is 0 Å². The summed E-state index contributed by atoms with van der Waals surface area (Å²) >= 11 is 12.5. The van der Waals surface area contributed by atoms with E-state index in [0.29, 0.717) is 42.8 Å². The summed E-state index contributed by atoms with van der Waals surface area (Å²) in [7, 11) is 0. The van der Waals surface area contributed by atoms with Gasteiger partial charge in [-0.2, -0.15) is 13.2 Å². The highest BCUT2D eigenvalue weighted by molar-refractivity contribution is 6.30. The van der Waals surface area contributed by atoms with Crippen LogP contribution in [0.15, 0.2) is 66.4 Å². The molecule has 1 N–H and O–H groups in total. The van der Waals surface area contributed by atoms with Crippen molar-refractivity contribution in [1.82, 2.24) is 10.2 Å². The highest BCUT2D eigenvalue weighted by Gasteiger charge is 2.46. The number of nitrogens with zero attached hydrogens (tertiary/aromatic N) is 2. The second-order valence-electron chi connectivity index (χ2n) is 9.79. The third kappa shape index (κ3) is 5.35. The van der Waals surface area contributed by atoms with Crippen molar-refractivity contribution in [3.63, 3.8) is 0 Å². The molecule has 1 saturated heterocycles. The van der Waals surface area contributed by atoms with Gasteiger partial charge in [0.1, 0.15) is 11.3 Å². The van der Waals surface area contributed by atoms with Crippen LogP contribution in [0.3, 0.4) is 0 Å². The van der Waals surface area contributed by atoms with Crippen LogP contribution in [0.4, 0.5) is 23.2 Å². The van der Waals surface area contributed by atoms with Gasteiger partial charge in [0, 0.05) is 34.8 Å². The highest BCUT2D eigenvalue weighted by Crippen LogP contribution is 2.48. The monoisotopic (exact) mass is 565 g/mol. The van der Waals surface area contributed by atoms with Crippen LogP contribution in [-0.4, -0.2) is 42.5 Å². The predicted molar refractivity (Wildman–Crippen MR) is 142 cm³/mol. The van der Waals surface area contributed by atoms with Crippen molar-refractivity contribution in [2.24, 2.45) is 0 Å². The van der Waals surface area contributed by atoms with Crippen molar-refractivity contribution < 1.29 is 22.4 Å². The molecule has 0 saturated carbocycles. The lowest BCUT2D eigenvalue weighted by Crippen LogP contribution is -2.46. The van der Waals surface area contributed by atoms with E-state index in [2.05, 4.69) is 10.2 Å². The van der Waals surface area contributed by atoms with Crippen molar-refractivity contribution in [2.45, 2.75) is 29.9 Å². The lowest BCUT2D eigenvalue weighted by atomic mass is 9.74. The van der Waals surface area contributed by atoms with Crippen molar-refractivity contribution in [3.8, 4) is 0 Å². The predicted octanol–water partition coefficient (Wildman–Crippen LogP) is 6.50. The summed E-state index contributed by atoms with van der Waals surface area (Å²) in [5.74, 6) is -1.05. The van der Waals surface area contributed by atoms with Crippen molar-refractivity contribution in [3.05, 3.63) is 93.9 Å². The molecule has 1 fully saturated rings. The van der Waals surface area contributed by atoms with Crippen LogP contribution in [0.1, 0.15) is 29.5 Å². The average molecular weight is 566 g/mol. The van der Waals surface area contributed by atoms with Crippen molar-refractivity contribution >= 4 is 40.9 Å². The Morgan fingerprint density at radius 3 is 2.63 bits per heavy atom. The van der Waals surface area contributed by atoms with E-state index in [1.54, 1.807) is 35.4 Å². The summed E-state index contributed by atoms with van der Waals surface area (Å²) < 4.78 is 53.3. The molecule has 4 nitrogen and oxygen atoms in total. The summed E-state index contributed by atoms with van der Waals surface area (Å²) in [6, 6.07) is 8.28. The number of amides is 1. The fourth-order valence-corrected chi connectivity index (χ4v) is 5.83. The maximum atomic E-state index is 13.4. The zero-order chi connectivity index (χ0) is 27.1. The first-order valence-corrected chi connectivity index (χ1v) is 13.0. The van der Waals surface area contributed by atoms with Gasteiger partial charge in [-0.1, -0.05) is 41.4 Å². The normalized spacial score (nSPS) is 21.1. The number of hydrogen-bond donors (Lipinski definition) is 1. The molecule has 38 heavy (non-hydrogen) atoms. The van der Waals surface area contributed by atoms with Gasteiger partial charge < -0.3 is 10.2 Å². The maximum Gasteiger partial charge on any atom is 0.417 e. The zero-order valence-corrected chi connectivity index (χ0v) is 21.8. The Hall–Kier alpha value is -2.81. The minimum Gasteiger partial charge on any atom is -0.372 e. The Kier molecular flexibility index (Phi) is 7.33. The lowest BCUT2D eigenvalue weighted by molar-refractivity contribution is -0.137. The number of halogens is 6. The van der Waals surface area contributed by atoms with Crippen molar-refractivity contribution in [1.29, 1.82) is 0 Å². The number of hydrogen-bond acceptors (Lipinski definition) is 3. The number of nitrogens with one attached hydrogen (secondary N) is 1. The highest BCUT2D eigenvalue weighted by atomic mass is 35.5. The van der Waals surface area contributed by atoms with Gasteiger partial charge in [0.15, 0.2) is 0 Å². The van der Waals surface area contributed by atoms with Gasteiger partial charge in [-0.3, -0.25) is 9.69 Å². The first-order valence-electron chi connectivity index (χ1n) is 12.2. The van der Waals surface area contributed by atoms with Gasteiger partial charge in [0.25, 0.3) is 5.91 Å². The molecule has 3 heterocycles. The van der Waals surface area contributed by atoms with Gasteiger partial charge in [-0.25, -0.2) is 4.39 Å². The molecule has 2 aromatic carbocycles. The molecular formula is C28H25Cl2F4N3O. The molecule has 3 aliphatic heterocycles. The van der Waals surface area contributed by atoms with Crippen LogP contribution in [0.5, 0.6) is 0 Å². The number of carbonyl (C=O) groups excluding carboxylic acids is 1. The maximum absolute atomic E-state index is 13.4. The van der Waals surface area contributed by atoms with Crippen LogP contribution in [-0.2, 0) is 16.4 Å². The van der Waals surface area contributed by atoms with E-state index in [1.165, 1.54) is 6.08 Å². The first-order chi connectivity index (χ1) is 18.1. The Labute approximate surface area is 228 Å².